The number of aliphatic carboxylic acids is 1. The van der Waals surface area contributed by atoms with Gasteiger partial charge >= 0.3 is 5.97 Å². The zero-order valence-electron chi connectivity index (χ0n) is 12.8. The summed E-state index contributed by atoms with van der Waals surface area (Å²) in [6, 6.07) is 0. The third-order valence-corrected chi connectivity index (χ3v) is 4.23. The molecular formula is C18H28O2. The summed E-state index contributed by atoms with van der Waals surface area (Å²) in [6.07, 6.45) is 19.0. The lowest BCUT2D eigenvalue weighted by atomic mass is 9.91. The molecule has 20 heavy (non-hydrogen) atoms. The number of carbonyl (C=O) groups is 1. The molecule has 1 unspecified atom stereocenters. The van der Waals surface area contributed by atoms with E-state index in [1.807, 2.05) is 6.08 Å². The van der Waals surface area contributed by atoms with Crippen LogP contribution in [0.4, 0.5) is 0 Å². The molecule has 0 aromatic rings. The Morgan fingerprint density at radius 2 is 1.90 bits per heavy atom. The van der Waals surface area contributed by atoms with Crippen LogP contribution in [0, 0.1) is 17.8 Å². The van der Waals surface area contributed by atoms with Gasteiger partial charge in [0, 0.05) is 6.42 Å². The maximum absolute atomic E-state index is 11.4. The second-order valence-corrected chi connectivity index (χ2v) is 5.88. The van der Waals surface area contributed by atoms with Crippen LogP contribution in [0.5, 0.6) is 0 Å². The Balaban J connectivity index is 2.18. The first-order chi connectivity index (χ1) is 9.67. The quantitative estimate of drug-likeness (QED) is 0.311. The molecule has 0 aliphatic heterocycles. The normalized spacial score (nSPS) is 20.3. The van der Waals surface area contributed by atoms with Gasteiger partial charge in [0.15, 0.2) is 0 Å². The molecule has 1 aliphatic rings. The molecule has 2 nitrogen and oxygen atoms in total. The third kappa shape index (κ3) is 5.04. The molecule has 0 aromatic heterocycles. The van der Waals surface area contributed by atoms with Gasteiger partial charge in [-0.05, 0) is 25.7 Å². The van der Waals surface area contributed by atoms with E-state index in [1.54, 1.807) is 0 Å². The second kappa shape index (κ2) is 8.84. The van der Waals surface area contributed by atoms with E-state index in [0.717, 1.165) is 44.1 Å². The van der Waals surface area contributed by atoms with Gasteiger partial charge in [0.25, 0.3) is 0 Å². The van der Waals surface area contributed by atoms with Crippen LogP contribution in [0.3, 0.4) is 0 Å². The Hall–Kier alpha value is -1.23. The molecule has 1 aliphatic carbocycles. The summed E-state index contributed by atoms with van der Waals surface area (Å²) < 4.78 is 0. The highest BCUT2D eigenvalue weighted by Crippen LogP contribution is 2.51. The van der Waals surface area contributed by atoms with Crippen molar-refractivity contribution in [3.63, 3.8) is 0 Å². The number of carboxylic acid groups (broad SMARTS) is 1. The third-order valence-electron chi connectivity index (χ3n) is 4.23. The van der Waals surface area contributed by atoms with Crippen molar-refractivity contribution < 1.29 is 9.90 Å². The minimum Gasteiger partial charge on any atom is -0.480 e. The number of rotatable bonds is 12. The van der Waals surface area contributed by atoms with E-state index >= 15 is 0 Å². The van der Waals surface area contributed by atoms with Crippen molar-refractivity contribution in [1.29, 1.82) is 0 Å². The summed E-state index contributed by atoms with van der Waals surface area (Å²) in [5, 5.41) is 9.41. The lowest BCUT2D eigenvalue weighted by molar-refractivity contribution is -0.142. The highest BCUT2D eigenvalue weighted by Gasteiger charge is 2.49. The van der Waals surface area contributed by atoms with Crippen LogP contribution in [0.1, 0.15) is 77.6 Å². The van der Waals surface area contributed by atoms with Gasteiger partial charge in [-0.2, -0.15) is 0 Å². The first-order valence-corrected chi connectivity index (χ1v) is 8.06. The Labute approximate surface area is 123 Å². The van der Waals surface area contributed by atoms with Gasteiger partial charge in [0.2, 0.25) is 0 Å². The Bertz CT molecular complexity index is 375. The predicted molar refractivity (Wildman–Crippen MR) is 83.4 cm³/mol. The van der Waals surface area contributed by atoms with Crippen LogP contribution in [-0.2, 0) is 4.79 Å². The molecule has 0 amide bonds. The summed E-state index contributed by atoms with van der Waals surface area (Å²) in [7, 11) is 0. The average molecular weight is 276 g/mol. The van der Waals surface area contributed by atoms with Crippen LogP contribution in [0.15, 0.2) is 11.6 Å². The van der Waals surface area contributed by atoms with Gasteiger partial charge in [0.05, 0.1) is 0 Å². The van der Waals surface area contributed by atoms with Crippen LogP contribution in [0.25, 0.3) is 0 Å². The summed E-state index contributed by atoms with van der Waals surface area (Å²) >= 11 is 0. The molecule has 0 saturated heterocycles. The predicted octanol–water partition coefficient (Wildman–Crippen LogP) is 4.94. The van der Waals surface area contributed by atoms with E-state index in [4.69, 9.17) is 6.42 Å². The number of carboxylic acids is 1. The van der Waals surface area contributed by atoms with Crippen molar-refractivity contribution in [2.75, 3.05) is 0 Å². The molecule has 0 fully saturated rings. The topological polar surface area (TPSA) is 37.3 Å². The Kier molecular flexibility index (Phi) is 7.44. The van der Waals surface area contributed by atoms with Crippen LogP contribution < -0.4 is 0 Å². The van der Waals surface area contributed by atoms with Crippen molar-refractivity contribution >= 4 is 5.97 Å². The molecule has 1 atom stereocenters. The zero-order chi connectivity index (χ0) is 14.8. The van der Waals surface area contributed by atoms with Crippen LogP contribution in [0.2, 0.25) is 0 Å². The molecule has 112 valence electrons. The number of hydrogen-bond acceptors (Lipinski definition) is 1. The van der Waals surface area contributed by atoms with Gasteiger partial charge in [-0.3, -0.25) is 4.79 Å². The highest BCUT2D eigenvalue weighted by atomic mass is 16.4. The van der Waals surface area contributed by atoms with E-state index in [9.17, 15) is 9.90 Å². The Morgan fingerprint density at radius 1 is 1.20 bits per heavy atom. The van der Waals surface area contributed by atoms with Crippen molar-refractivity contribution in [1.82, 2.24) is 0 Å². The van der Waals surface area contributed by atoms with E-state index in [1.165, 1.54) is 32.1 Å². The smallest absolute Gasteiger partial charge is 0.317 e. The number of hydrogen-bond donors (Lipinski definition) is 1. The number of unbranched alkanes of at least 4 members (excludes halogenated alkanes) is 7. The molecule has 1 rings (SSSR count). The van der Waals surface area contributed by atoms with Gasteiger partial charge in [-0.25, -0.2) is 0 Å². The molecule has 0 heterocycles. The summed E-state index contributed by atoms with van der Waals surface area (Å²) in [4.78, 5) is 11.4. The summed E-state index contributed by atoms with van der Waals surface area (Å²) in [5.41, 5.74) is 0.555. The van der Waals surface area contributed by atoms with Crippen LogP contribution in [-0.4, -0.2) is 11.1 Å². The fraction of sp³-hybridized carbons (Fsp3) is 0.722. The molecule has 0 aromatic carbocycles. The summed E-state index contributed by atoms with van der Waals surface area (Å²) in [6.45, 7) is 2.22. The van der Waals surface area contributed by atoms with Gasteiger partial charge in [0.1, 0.15) is 5.41 Å². The second-order valence-electron chi connectivity index (χ2n) is 5.88. The Morgan fingerprint density at radius 3 is 2.55 bits per heavy atom. The van der Waals surface area contributed by atoms with Gasteiger partial charge < -0.3 is 5.11 Å². The fourth-order valence-corrected chi connectivity index (χ4v) is 2.82. The monoisotopic (exact) mass is 276 g/mol. The molecular weight excluding hydrogens is 248 g/mol. The maximum atomic E-state index is 11.4. The lowest BCUT2D eigenvalue weighted by Crippen LogP contribution is -2.19. The molecule has 1 N–H and O–H groups in total. The van der Waals surface area contributed by atoms with Crippen molar-refractivity contribution in [3.8, 4) is 12.3 Å². The van der Waals surface area contributed by atoms with Crippen molar-refractivity contribution in [2.45, 2.75) is 77.6 Å². The van der Waals surface area contributed by atoms with Crippen molar-refractivity contribution in [3.05, 3.63) is 11.6 Å². The molecule has 0 saturated carbocycles. The number of terminal acetylenes is 1. The molecule has 0 spiro atoms. The van der Waals surface area contributed by atoms with E-state index in [2.05, 4.69) is 12.8 Å². The average Bonchev–Trinajstić information content (AvgIpc) is 3.14. The van der Waals surface area contributed by atoms with Crippen molar-refractivity contribution in [2.24, 2.45) is 5.41 Å². The largest absolute Gasteiger partial charge is 0.480 e. The van der Waals surface area contributed by atoms with Gasteiger partial charge in [-0.1, -0.05) is 57.1 Å². The standard InChI is InChI=1S/C18H28O2/c1-3-5-7-9-10-11-13-16-15-18(16,17(19)20)14-12-8-6-4-2/h2,15H,3,5-14H2,1H3,(H,19,20). The lowest BCUT2D eigenvalue weighted by Gasteiger charge is -2.13. The highest BCUT2D eigenvalue weighted by molar-refractivity contribution is 5.87. The fourth-order valence-electron chi connectivity index (χ4n) is 2.82. The van der Waals surface area contributed by atoms with Gasteiger partial charge in [-0.15, -0.1) is 12.3 Å². The van der Waals surface area contributed by atoms with Crippen LogP contribution >= 0.6 is 0 Å². The zero-order valence-corrected chi connectivity index (χ0v) is 12.8. The summed E-state index contributed by atoms with van der Waals surface area (Å²) in [5.74, 6) is 1.94. The first-order valence-electron chi connectivity index (χ1n) is 8.06. The van der Waals surface area contributed by atoms with E-state index in [-0.39, 0.29) is 0 Å². The maximum Gasteiger partial charge on any atom is 0.317 e. The van der Waals surface area contributed by atoms with E-state index in [0.29, 0.717) is 0 Å². The molecule has 0 radical (unpaired) electrons. The molecule has 0 bridgehead atoms. The van der Waals surface area contributed by atoms with E-state index < -0.39 is 11.4 Å². The SMILES string of the molecule is C#CCCCCC1(C(=O)O)C=C1CCCCCCCC. The molecule has 2 heteroatoms. The minimum atomic E-state index is -0.667. The minimum absolute atomic E-state index is 0.599. The first kappa shape index (κ1) is 16.8.